The lowest BCUT2D eigenvalue weighted by Gasteiger charge is -2.12. The van der Waals surface area contributed by atoms with Crippen LogP contribution in [0.25, 0.3) is 43.7 Å². The molecule has 1 aromatic heterocycles. The van der Waals surface area contributed by atoms with Crippen LogP contribution in [-0.4, -0.2) is 18.1 Å². The van der Waals surface area contributed by atoms with Gasteiger partial charge < -0.3 is 18.9 Å². The number of hydrogen-bond acceptors (Lipinski definition) is 6. The van der Waals surface area contributed by atoms with Gasteiger partial charge in [-0.25, -0.2) is 4.79 Å². The molecule has 0 saturated heterocycles. The predicted octanol–water partition coefficient (Wildman–Crippen LogP) is 5.17. The molecule has 7 nitrogen and oxygen atoms in total. The lowest BCUT2D eigenvalue weighted by Crippen LogP contribution is -2.16. The summed E-state index contributed by atoms with van der Waals surface area (Å²) in [6.45, 7) is 0. The molecule has 1 N–H and O–H groups in total. The van der Waals surface area contributed by atoms with Gasteiger partial charge in [0.15, 0.2) is 22.0 Å². The summed E-state index contributed by atoms with van der Waals surface area (Å²) in [7, 11) is 1.53. The van der Waals surface area contributed by atoms with Crippen LogP contribution in [0.1, 0.15) is 10.4 Å². The zero-order chi connectivity index (χ0) is 24.1. The lowest BCUT2D eigenvalue weighted by atomic mass is 10.00. The van der Waals surface area contributed by atoms with Gasteiger partial charge in [0.1, 0.15) is 11.5 Å². The summed E-state index contributed by atoms with van der Waals surface area (Å²) in [6, 6.07) is 21.7. The summed E-state index contributed by atoms with van der Waals surface area (Å²) in [6.07, 6.45) is 0. The smallest absolute Gasteiger partial charge is 0.343 e. The van der Waals surface area contributed by atoms with Crippen molar-refractivity contribution in [2.45, 2.75) is 0 Å². The number of ether oxygens (including phenoxy) is 2. The van der Waals surface area contributed by atoms with Gasteiger partial charge in [0.2, 0.25) is 0 Å². The quantitative estimate of drug-likeness (QED) is 0.168. The van der Waals surface area contributed by atoms with E-state index in [-0.39, 0.29) is 43.9 Å². The maximum Gasteiger partial charge on any atom is 0.343 e. The van der Waals surface area contributed by atoms with Crippen molar-refractivity contribution in [3.05, 3.63) is 105 Å². The second-order valence-electron chi connectivity index (χ2n) is 8.04. The van der Waals surface area contributed by atoms with Crippen LogP contribution in [0.3, 0.4) is 0 Å². The first kappa shape index (κ1) is 20.7. The minimum Gasteiger partial charge on any atom is -0.497 e. The van der Waals surface area contributed by atoms with Gasteiger partial charge in [0.05, 0.1) is 34.5 Å². The monoisotopic (exact) mass is 463 g/mol. The van der Waals surface area contributed by atoms with E-state index in [1.54, 1.807) is 54.6 Å². The Bertz CT molecular complexity index is 1920. The van der Waals surface area contributed by atoms with Gasteiger partial charge >= 0.3 is 5.97 Å². The number of H-pyrrole nitrogens is 1. The van der Waals surface area contributed by atoms with E-state index in [1.165, 1.54) is 13.2 Å². The molecule has 0 unspecified atom stereocenters. The topological polar surface area (TPSA) is 98.6 Å². The van der Waals surface area contributed by atoms with Crippen LogP contribution in [0.2, 0.25) is 0 Å². The Morgan fingerprint density at radius 1 is 0.800 bits per heavy atom. The molecule has 0 radical (unpaired) electrons. The van der Waals surface area contributed by atoms with Crippen LogP contribution in [0, 0.1) is 0 Å². The molecular formula is C28H17NO6. The summed E-state index contributed by atoms with van der Waals surface area (Å²) >= 11 is 0. The maximum atomic E-state index is 13.6. The van der Waals surface area contributed by atoms with Crippen molar-refractivity contribution < 1.29 is 18.7 Å². The number of carbonyl (C=O) groups is 1. The minimum absolute atomic E-state index is 0.0183. The van der Waals surface area contributed by atoms with Gasteiger partial charge in [-0.3, -0.25) is 9.59 Å². The van der Waals surface area contributed by atoms with E-state index in [0.717, 1.165) is 0 Å². The maximum absolute atomic E-state index is 13.6. The largest absolute Gasteiger partial charge is 0.497 e. The molecule has 170 valence electrons. The van der Waals surface area contributed by atoms with E-state index in [1.807, 2.05) is 18.2 Å². The van der Waals surface area contributed by atoms with Crippen molar-refractivity contribution >= 4 is 49.7 Å². The number of benzene rings is 5. The number of carbonyl (C=O) groups excluding carboxylic acids is 1. The molecule has 0 aliphatic carbocycles. The van der Waals surface area contributed by atoms with E-state index < -0.39 is 11.4 Å². The lowest BCUT2D eigenvalue weighted by molar-refractivity contribution is 0.0737. The van der Waals surface area contributed by atoms with E-state index in [2.05, 4.69) is 4.98 Å². The number of aromatic amines is 1. The first-order valence-corrected chi connectivity index (χ1v) is 10.8. The number of fused-ring (bicyclic) bond motifs is 5. The van der Waals surface area contributed by atoms with Crippen molar-refractivity contribution in [2.75, 3.05) is 7.11 Å². The molecule has 0 aliphatic rings. The summed E-state index contributed by atoms with van der Waals surface area (Å²) in [5, 5.41) is 0.665. The van der Waals surface area contributed by atoms with Crippen LogP contribution in [0.4, 0.5) is 0 Å². The van der Waals surface area contributed by atoms with E-state index in [0.29, 0.717) is 22.4 Å². The molecule has 0 atom stereocenters. The molecule has 0 bridgehead atoms. The van der Waals surface area contributed by atoms with Gasteiger partial charge in [0.25, 0.3) is 0 Å². The Labute approximate surface area is 197 Å². The third-order valence-corrected chi connectivity index (χ3v) is 6.02. The summed E-state index contributed by atoms with van der Waals surface area (Å²) in [4.78, 5) is 43.4. The molecule has 1 heterocycles. The van der Waals surface area contributed by atoms with Crippen molar-refractivity contribution in [3.8, 4) is 11.5 Å². The molecule has 0 saturated carbocycles. The normalized spacial score (nSPS) is 11.3. The molecule has 5 aromatic carbocycles. The van der Waals surface area contributed by atoms with Gasteiger partial charge in [-0.05, 0) is 36.4 Å². The van der Waals surface area contributed by atoms with Crippen LogP contribution in [0.5, 0.6) is 11.5 Å². The van der Waals surface area contributed by atoms with Crippen molar-refractivity contribution in [2.24, 2.45) is 0 Å². The zero-order valence-corrected chi connectivity index (χ0v) is 18.5. The van der Waals surface area contributed by atoms with Crippen LogP contribution in [0.15, 0.2) is 92.9 Å². The summed E-state index contributed by atoms with van der Waals surface area (Å²) < 4.78 is 16.9. The van der Waals surface area contributed by atoms with Crippen LogP contribution < -0.4 is 20.3 Å². The number of hydrogen-bond donors (Lipinski definition) is 1. The molecule has 0 amide bonds. The highest BCUT2D eigenvalue weighted by Gasteiger charge is 2.22. The standard InChI is InChI=1S/C28H17NO6/c1-33-16-12-10-15(11-13-16)28(32)35-21-14-22-25(29-19-8-4-5-9-20(19)34-22)24-23(21)26(30)17-6-2-3-7-18(17)27(24)31/h2-14,29H,1H3. The molecular weight excluding hydrogens is 446 g/mol. The average molecular weight is 463 g/mol. The van der Waals surface area contributed by atoms with E-state index >= 15 is 0 Å². The Morgan fingerprint density at radius 2 is 1.46 bits per heavy atom. The zero-order valence-electron chi connectivity index (χ0n) is 18.5. The number of rotatable bonds is 3. The minimum atomic E-state index is -0.682. The van der Waals surface area contributed by atoms with Gasteiger partial charge in [-0.15, -0.1) is 0 Å². The van der Waals surface area contributed by atoms with Crippen LogP contribution in [-0.2, 0) is 0 Å². The molecule has 6 rings (SSSR count). The predicted molar refractivity (Wildman–Crippen MR) is 134 cm³/mol. The fourth-order valence-corrected chi connectivity index (χ4v) is 4.32. The molecule has 0 aliphatic heterocycles. The van der Waals surface area contributed by atoms with Crippen LogP contribution >= 0.6 is 0 Å². The third kappa shape index (κ3) is 3.25. The summed E-state index contributed by atoms with van der Waals surface area (Å²) in [5.41, 5.74) is 1.33. The number of aromatic nitrogens is 1. The first-order valence-electron chi connectivity index (χ1n) is 10.8. The summed E-state index contributed by atoms with van der Waals surface area (Å²) in [5.74, 6) is -0.144. The molecule has 35 heavy (non-hydrogen) atoms. The second kappa shape index (κ2) is 7.85. The molecule has 6 aromatic rings. The number of nitrogens with one attached hydrogen (secondary N) is 1. The average Bonchev–Trinajstić information content (AvgIpc) is 2.90. The first-order chi connectivity index (χ1) is 17.0. The Kier molecular flexibility index (Phi) is 4.64. The van der Waals surface area contributed by atoms with Crippen molar-refractivity contribution in [1.29, 1.82) is 0 Å². The van der Waals surface area contributed by atoms with E-state index in [9.17, 15) is 14.4 Å². The second-order valence-corrected chi connectivity index (χ2v) is 8.04. The number of methoxy groups -OCH3 is 1. The molecule has 0 fully saturated rings. The number of para-hydroxylation sites is 2. The Balaban J connectivity index is 1.68. The fourth-order valence-electron chi connectivity index (χ4n) is 4.32. The molecule has 7 heteroatoms. The van der Waals surface area contributed by atoms with Gasteiger partial charge in [-0.1, -0.05) is 36.4 Å². The van der Waals surface area contributed by atoms with Crippen molar-refractivity contribution in [3.63, 3.8) is 0 Å². The fraction of sp³-hybridized carbons (Fsp3) is 0.0357. The van der Waals surface area contributed by atoms with E-state index in [4.69, 9.17) is 13.9 Å². The third-order valence-electron chi connectivity index (χ3n) is 6.02. The Hall–Kier alpha value is -4.91. The Morgan fingerprint density at radius 3 is 2.17 bits per heavy atom. The highest BCUT2D eigenvalue weighted by atomic mass is 16.5. The van der Waals surface area contributed by atoms with Gasteiger partial charge in [0, 0.05) is 16.8 Å². The molecule has 0 spiro atoms. The van der Waals surface area contributed by atoms with Gasteiger partial charge in [-0.2, -0.15) is 0 Å². The number of esters is 1. The highest BCUT2D eigenvalue weighted by molar-refractivity contribution is 6.13. The highest BCUT2D eigenvalue weighted by Crippen LogP contribution is 2.32. The van der Waals surface area contributed by atoms with Crippen molar-refractivity contribution in [1.82, 2.24) is 4.98 Å². The SMILES string of the molecule is COc1ccc(C(=O)Oc2cc3oc4ccccc4[nH]c3c3c(=O)c4ccccc4c(=O)c23)cc1.